The zero-order chi connectivity index (χ0) is 23.1. The van der Waals surface area contributed by atoms with Crippen molar-refractivity contribution in [3.05, 3.63) is 90.0 Å². The fourth-order valence-electron chi connectivity index (χ4n) is 3.86. The Bertz CT molecular complexity index is 1580. The number of aromatic carboxylic acids is 2. The number of carboxylic acid groups (broad SMARTS) is 2. The van der Waals surface area contributed by atoms with E-state index in [9.17, 15) is 19.8 Å². The van der Waals surface area contributed by atoms with Crippen molar-refractivity contribution in [1.29, 1.82) is 0 Å². The highest BCUT2D eigenvalue weighted by Crippen LogP contribution is 2.31. The summed E-state index contributed by atoms with van der Waals surface area (Å²) < 4.78 is 0. The summed E-state index contributed by atoms with van der Waals surface area (Å²) in [5, 5.41) is 20.5. The van der Waals surface area contributed by atoms with Crippen LogP contribution in [0.4, 0.5) is 5.69 Å². The maximum atomic E-state index is 12.1. The summed E-state index contributed by atoms with van der Waals surface area (Å²) in [6.45, 7) is 0. The number of benzene rings is 3. The molecule has 0 saturated heterocycles. The number of carbonyl (C=O) groups is 2. The van der Waals surface area contributed by atoms with Crippen LogP contribution in [0.15, 0.2) is 78.9 Å². The molecule has 160 valence electrons. The molecular weight excluding hydrogens is 418 g/mol. The monoisotopic (exact) mass is 435 g/mol. The van der Waals surface area contributed by atoms with E-state index in [4.69, 9.17) is 5.73 Å². The van der Waals surface area contributed by atoms with Crippen LogP contribution in [-0.4, -0.2) is 32.1 Å². The summed E-state index contributed by atoms with van der Waals surface area (Å²) in [5.74, 6) is -2.15. The second-order valence-electron chi connectivity index (χ2n) is 7.59. The molecule has 3 aromatic carbocycles. The Morgan fingerprint density at radius 1 is 0.636 bits per heavy atom. The summed E-state index contributed by atoms with van der Waals surface area (Å²) >= 11 is 0. The molecule has 7 nitrogen and oxygen atoms in total. The van der Waals surface area contributed by atoms with E-state index >= 15 is 0 Å². The van der Waals surface area contributed by atoms with E-state index < -0.39 is 11.9 Å². The number of carboxylic acids is 2. The number of rotatable bonds is 4. The van der Waals surface area contributed by atoms with Crippen molar-refractivity contribution in [3.8, 4) is 22.5 Å². The van der Waals surface area contributed by atoms with Gasteiger partial charge in [0.1, 0.15) is 0 Å². The first kappa shape index (κ1) is 20.1. The molecule has 0 atom stereocenters. The maximum Gasteiger partial charge on any atom is 0.336 e. The first-order chi connectivity index (χ1) is 15.9. The van der Waals surface area contributed by atoms with Gasteiger partial charge < -0.3 is 15.9 Å². The second-order valence-corrected chi connectivity index (χ2v) is 7.59. The topological polar surface area (TPSA) is 126 Å². The molecule has 0 spiro atoms. The lowest BCUT2D eigenvalue weighted by molar-refractivity contribution is 0.0688. The van der Waals surface area contributed by atoms with Gasteiger partial charge >= 0.3 is 11.9 Å². The van der Waals surface area contributed by atoms with E-state index in [-0.39, 0.29) is 11.1 Å². The molecule has 7 heteroatoms. The van der Waals surface area contributed by atoms with Crippen molar-refractivity contribution in [2.75, 3.05) is 5.73 Å². The Balaban J connectivity index is 1.71. The van der Waals surface area contributed by atoms with Gasteiger partial charge in [0.25, 0.3) is 0 Å². The standard InChI is InChI=1S/C26H17N3O4/c27-16-8-5-14(6-9-16)23-13-20(26(32)33)18-11-15(7-10-22(18)29-23)24-12-19(25(30)31)17-3-1-2-4-21(17)28-24/h1-13H,27H2,(H,30,31)(H,32,33). The van der Waals surface area contributed by atoms with Crippen LogP contribution in [0.3, 0.4) is 0 Å². The zero-order valence-corrected chi connectivity index (χ0v) is 17.2. The van der Waals surface area contributed by atoms with Gasteiger partial charge in [0.2, 0.25) is 0 Å². The van der Waals surface area contributed by atoms with E-state index in [1.165, 1.54) is 12.1 Å². The first-order valence-electron chi connectivity index (χ1n) is 10.1. The Hall–Kier alpha value is -4.78. The van der Waals surface area contributed by atoms with Gasteiger partial charge in [-0.2, -0.15) is 0 Å². The quantitative estimate of drug-likeness (QED) is 0.335. The minimum absolute atomic E-state index is 0.0907. The molecule has 0 aliphatic rings. The van der Waals surface area contributed by atoms with E-state index in [1.54, 1.807) is 66.7 Å². The normalized spacial score (nSPS) is 11.0. The molecule has 0 radical (unpaired) electrons. The van der Waals surface area contributed by atoms with Crippen LogP contribution < -0.4 is 5.73 Å². The predicted molar refractivity (Wildman–Crippen MR) is 126 cm³/mol. The molecule has 4 N–H and O–H groups in total. The molecular formula is C26H17N3O4. The second kappa shape index (κ2) is 7.72. The number of para-hydroxylation sites is 1. The minimum Gasteiger partial charge on any atom is -0.478 e. The fourth-order valence-corrected chi connectivity index (χ4v) is 3.86. The third-order valence-electron chi connectivity index (χ3n) is 5.49. The molecule has 5 rings (SSSR count). The highest BCUT2D eigenvalue weighted by Gasteiger charge is 2.16. The molecule has 0 bridgehead atoms. The van der Waals surface area contributed by atoms with Gasteiger partial charge in [-0.3, -0.25) is 0 Å². The molecule has 0 fully saturated rings. The average molecular weight is 435 g/mol. The lowest BCUT2D eigenvalue weighted by Crippen LogP contribution is -2.02. The third-order valence-corrected chi connectivity index (χ3v) is 5.49. The zero-order valence-electron chi connectivity index (χ0n) is 17.2. The Morgan fingerprint density at radius 2 is 1.18 bits per heavy atom. The number of nitrogens with two attached hydrogens (primary N) is 1. The van der Waals surface area contributed by atoms with Crippen LogP contribution >= 0.6 is 0 Å². The highest BCUT2D eigenvalue weighted by molar-refractivity contribution is 6.06. The van der Waals surface area contributed by atoms with Crippen molar-refractivity contribution in [2.24, 2.45) is 0 Å². The molecule has 33 heavy (non-hydrogen) atoms. The average Bonchev–Trinajstić information content (AvgIpc) is 2.82. The van der Waals surface area contributed by atoms with E-state index in [2.05, 4.69) is 9.97 Å². The largest absolute Gasteiger partial charge is 0.478 e. The van der Waals surface area contributed by atoms with Gasteiger partial charge in [0.15, 0.2) is 0 Å². The first-order valence-corrected chi connectivity index (χ1v) is 10.1. The molecule has 0 aliphatic carbocycles. The summed E-state index contributed by atoms with van der Waals surface area (Å²) in [4.78, 5) is 33.1. The maximum absolute atomic E-state index is 12.1. The Morgan fingerprint density at radius 3 is 1.85 bits per heavy atom. The van der Waals surface area contributed by atoms with E-state index in [0.29, 0.717) is 44.4 Å². The SMILES string of the molecule is Nc1ccc(-c2cc(C(=O)O)c3cc(-c4cc(C(=O)O)c5ccccc5n4)ccc3n2)cc1. The Kier molecular flexibility index (Phi) is 4.71. The smallest absolute Gasteiger partial charge is 0.336 e. The Labute approximate surface area is 187 Å². The number of aromatic nitrogens is 2. The number of hydrogen-bond acceptors (Lipinski definition) is 5. The summed E-state index contributed by atoms with van der Waals surface area (Å²) in [5.41, 5.74) is 9.93. The summed E-state index contributed by atoms with van der Waals surface area (Å²) in [6.07, 6.45) is 0. The molecule has 0 aliphatic heterocycles. The highest BCUT2D eigenvalue weighted by atomic mass is 16.4. The molecule has 2 aromatic heterocycles. The van der Waals surface area contributed by atoms with Crippen LogP contribution in [0.2, 0.25) is 0 Å². The fraction of sp³-hybridized carbons (Fsp3) is 0. The number of fused-ring (bicyclic) bond motifs is 2. The van der Waals surface area contributed by atoms with E-state index in [0.717, 1.165) is 5.56 Å². The van der Waals surface area contributed by atoms with Gasteiger partial charge in [-0.15, -0.1) is 0 Å². The van der Waals surface area contributed by atoms with Crippen molar-refractivity contribution in [1.82, 2.24) is 9.97 Å². The van der Waals surface area contributed by atoms with Gasteiger partial charge in [-0.1, -0.05) is 36.4 Å². The van der Waals surface area contributed by atoms with Crippen LogP contribution in [0.25, 0.3) is 44.3 Å². The molecule has 2 heterocycles. The van der Waals surface area contributed by atoms with Crippen molar-refractivity contribution in [3.63, 3.8) is 0 Å². The van der Waals surface area contributed by atoms with Crippen LogP contribution in [0.1, 0.15) is 20.7 Å². The van der Waals surface area contributed by atoms with E-state index in [1.807, 2.05) is 0 Å². The lowest BCUT2D eigenvalue weighted by Gasteiger charge is -2.11. The van der Waals surface area contributed by atoms with Gasteiger partial charge in [0.05, 0.1) is 33.5 Å². The van der Waals surface area contributed by atoms with Gasteiger partial charge in [0, 0.05) is 27.6 Å². The number of nitrogen functional groups attached to an aromatic ring is 1. The molecule has 0 unspecified atom stereocenters. The van der Waals surface area contributed by atoms with Crippen molar-refractivity contribution >= 4 is 39.4 Å². The molecule has 0 saturated carbocycles. The van der Waals surface area contributed by atoms with Crippen LogP contribution in [0, 0.1) is 0 Å². The number of nitrogens with zero attached hydrogens (tertiary/aromatic N) is 2. The lowest BCUT2D eigenvalue weighted by atomic mass is 9.99. The van der Waals surface area contributed by atoms with Gasteiger partial charge in [-0.25, -0.2) is 19.6 Å². The van der Waals surface area contributed by atoms with Crippen molar-refractivity contribution < 1.29 is 19.8 Å². The molecule has 5 aromatic rings. The van der Waals surface area contributed by atoms with Gasteiger partial charge in [-0.05, 0) is 42.5 Å². The number of anilines is 1. The third kappa shape index (κ3) is 3.61. The van der Waals surface area contributed by atoms with Crippen molar-refractivity contribution in [2.45, 2.75) is 0 Å². The minimum atomic E-state index is -1.09. The predicted octanol–water partition coefficient (Wildman–Crippen LogP) is 5.10. The summed E-state index contributed by atoms with van der Waals surface area (Å²) in [6, 6.07) is 22.2. The van der Waals surface area contributed by atoms with Crippen LogP contribution in [-0.2, 0) is 0 Å². The molecule has 0 amide bonds. The van der Waals surface area contributed by atoms with Crippen LogP contribution in [0.5, 0.6) is 0 Å². The summed E-state index contributed by atoms with van der Waals surface area (Å²) in [7, 11) is 0. The number of pyridine rings is 2. The number of hydrogen-bond donors (Lipinski definition) is 3.